The van der Waals surface area contributed by atoms with Gasteiger partial charge in [0.1, 0.15) is 23.1 Å². The minimum atomic E-state index is 0.541. The molecule has 0 aliphatic carbocycles. The maximum Gasteiger partial charge on any atom is 0.223 e. The molecule has 0 amide bonds. The summed E-state index contributed by atoms with van der Waals surface area (Å²) in [5.74, 6) is 3.39. The van der Waals surface area contributed by atoms with Crippen molar-refractivity contribution in [3.05, 3.63) is 66.5 Å². The molecule has 0 atom stereocenters. The highest BCUT2D eigenvalue weighted by Crippen LogP contribution is 2.32. The van der Waals surface area contributed by atoms with Crippen LogP contribution in [0.3, 0.4) is 0 Å². The van der Waals surface area contributed by atoms with Crippen molar-refractivity contribution in [2.45, 2.75) is 6.54 Å². The Morgan fingerprint density at radius 3 is 2.35 bits per heavy atom. The van der Waals surface area contributed by atoms with Crippen LogP contribution in [0.25, 0.3) is 10.9 Å². The first-order valence-electron chi connectivity index (χ1n) is 9.68. The van der Waals surface area contributed by atoms with Crippen molar-refractivity contribution in [3.8, 4) is 17.2 Å². The number of nitrogens with zero attached hydrogens (tertiary/aromatic N) is 3. The summed E-state index contributed by atoms with van der Waals surface area (Å²) in [5, 5.41) is 7.35. The second kappa shape index (κ2) is 9.17. The molecule has 2 heterocycles. The summed E-state index contributed by atoms with van der Waals surface area (Å²) in [6, 6.07) is 15.2. The van der Waals surface area contributed by atoms with Crippen molar-refractivity contribution >= 4 is 28.4 Å². The van der Waals surface area contributed by atoms with Crippen LogP contribution in [0, 0.1) is 0 Å². The normalized spacial score (nSPS) is 10.5. The van der Waals surface area contributed by atoms with Crippen LogP contribution >= 0.6 is 0 Å². The highest BCUT2D eigenvalue weighted by Gasteiger charge is 2.10. The van der Waals surface area contributed by atoms with E-state index in [1.54, 1.807) is 33.7 Å². The van der Waals surface area contributed by atoms with E-state index in [1.165, 1.54) is 0 Å². The monoisotopic (exact) mass is 417 g/mol. The minimum absolute atomic E-state index is 0.541. The van der Waals surface area contributed by atoms with E-state index in [2.05, 4.69) is 25.6 Å². The first-order valence-corrected chi connectivity index (χ1v) is 9.68. The van der Waals surface area contributed by atoms with Crippen molar-refractivity contribution in [1.29, 1.82) is 0 Å². The third kappa shape index (κ3) is 4.58. The van der Waals surface area contributed by atoms with E-state index >= 15 is 0 Å². The molecule has 4 rings (SSSR count). The van der Waals surface area contributed by atoms with Gasteiger partial charge in [-0.3, -0.25) is 0 Å². The lowest BCUT2D eigenvalue weighted by Gasteiger charge is -2.13. The molecule has 31 heavy (non-hydrogen) atoms. The number of anilines is 3. The van der Waals surface area contributed by atoms with Gasteiger partial charge >= 0.3 is 0 Å². The largest absolute Gasteiger partial charge is 0.497 e. The Labute approximate surface area is 180 Å². The van der Waals surface area contributed by atoms with Crippen molar-refractivity contribution in [2.75, 3.05) is 32.0 Å². The van der Waals surface area contributed by atoms with Gasteiger partial charge in [0.2, 0.25) is 5.95 Å². The van der Waals surface area contributed by atoms with E-state index in [-0.39, 0.29) is 0 Å². The molecule has 0 radical (unpaired) electrons. The lowest BCUT2D eigenvalue weighted by molar-refractivity contribution is 0.405. The first-order chi connectivity index (χ1) is 15.2. The highest BCUT2D eigenvalue weighted by atomic mass is 16.5. The maximum atomic E-state index is 5.44. The summed E-state index contributed by atoms with van der Waals surface area (Å²) in [5.41, 5.74) is 2.61. The molecule has 0 aliphatic rings. The van der Waals surface area contributed by atoms with Crippen molar-refractivity contribution in [1.82, 2.24) is 15.0 Å². The van der Waals surface area contributed by atoms with E-state index in [9.17, 15) is 0 Å². The molecule has 158 valence electrons. The lowest BCUT2D eigenvalue weighted by Crippen LogP contribution is -2.04. The smallest absolute Gasteiger partial charge is 0.223 e. The van der Waals surface area contributed by atoms with Crippen molar-refractivity contribution in [2.24, 2.45) is 0 Å². The molecule has 0 saturated heterocycles. The molecule has 2 aromatic heterocycles. The van der Waals surface area contributed by atoms with Gasteiger partial charge in [-0.15, -0.1) is 0 Å². The van der Waals surface area contributed by atoms with E-state index < -0.39 is 0 Å². The van der Waals surface area contributed by atoms with Gasteiger partial charge < -0.3 is 24.8 Å². The summed E-state index contributed by atoms with van der Waals surface area (Å²) in [6.45, 7) is 0.604. The van der Waals surface area contributed by atoms with Gasteiger partial charge in [-0.1, -0.05) is 12.1 Å². The Hall–Kier alpha value is -4.07. The number of ether oxygens (including phenoxy) is 3. The van der Waals surface area contributed by atoms with Crippen LogP contribution in [0.4, 0.5) is 17.5 Å². The van der Waals surface area contributed by atoms with E-state index in [4.69, 9.17) is 14.2 Å². The molecule has 0 unspecified atom stereocenters. The number of benzene rings is 2. The maximum absolute atomic E-state index is 5.44. The Kier molecular flexibility index (Phi) is 5.98. The highest BCUT2D eigenvalue weighted by molar-refractivity contribution is 5.91. The van der Waals surface area contributed by atoms with Crippen LogP contribution in [0.1, 0.15) is 5.56 Å². The Morgan fingerprint density at radius 1 is 0.839 bits per heavy atom. The number of aromatic nitrogens is 3. The fraction of sp³-hybridized carbons (Fsp3) is 0.174. The molecule has 0 saturated carbocycles. The third-order valence-electron chi connectivity index (χ3n) is 4.78. The molecule has 0 spiro atoms. The summed E-state index contributed by atoms with van der Waals surface area (Å²) < 4.78 is 15.9. The van der Waals surface area contributed by atoms with Gasteiger partial charge in [-0.2, -0.15) is 0 Å². The Balaban J connectivity index is 1.55. The second-order valence-corrected chi connectivity index (χ2v) is 6.68. The van der Waals surface area contributed by atoms with E-state index in [1.807, 2.05) is 48.5 Å². The Morgan fingerprint density at radius 2 is 1.61 bits per heavy atom. The van der Waals surface area contributed by atoms with Gasteiger partial charge in [0.25, 0.3) is 0 Å². The molecular weight excluding hydrogens is 394 g/mol. The second-order valence-electron chi connectivity index (χ2n) is 6.68. The van der Waals surface area contributed by atoms with E-state index in [0.717, 1.165) is 27.9 Å². The zero-order valence-electron chi connectivity index (χ0n) is 17.5. The molecule has 8 nitrogen and oxygen atoms in total. The zero-order valence-corrected chi connectivity index (χ0v) is 17.5. The molecule has 0 aliphatic heterocycles. The van der Waals surface area contributed by atoms with E-state index in [0.29, 0.717) is 29.8 Å². The number of hydrogen-bond donors (Lipinski definition) is 2. The van der Waals surface area contributed by atoms with Crippen LogP contribution in [0.5, 0.6) is 17.2 Å². The fourth-order valence-electron chi connectivity index (χ4n) is 3.11. The van der Waals surface area contributed by atoms with Crippen LogP contribution in [0.15, 0.2) is 60.9 Å². The zero-order chi connectivity index (χ0) is 21.6. The first kappa shape index (κ1) is 20.2. The predicted octanol–water partition coefficient (Wildman–Crippen LogP) is 4.41. The van der Waals surface area contributed by atoms with Crippen molar-refractivity contribution in [3.63, 3.8) is 0 Å². The topological polar surface area (TPSA) is 90.4 Å². The molecular formula is C23H23N5O3. The molecule has 0 fully saturated rings. The molecule has 2 N–H and O–H groups in total. The van der Waals surface area contributed by atoms with Gasteiger partial charge in [-0.05, 0) is 35.9 Å². The summed E-state index contributed by atoms with van der Waals surface area (Å²) in [7, 11) is 4.89. The number of rotatable bonds is 8. The van der Waals surface area contributed by atoms with Crippen LogP contribution in [-0.4, -0.2) is 36.3 Å². The van der Waals surface area contributed by atoms with Gasteiger partial charge in [0.05, 0.1) is 37.9 Å². The molecule has 4 aromatic rings. The Bertz CT molecular complexity index is 1180. The third-order valence-corrected chi connectivity index (χ3v) is 4.78. The SMILES string of the molecule is COc1ccc(CNc2ncc3c(Nc4cc(OC)ccc4OC)nccc3n2)cc1. The molecule has 8 heteroatoms. The van der Waals surface area contributed by atoms with Crippen LogP contribution < -0.4 is 24.8 Å². The minimum Gasteiger partial charge on any atom is -0.497 e. The number of fused-ring (bicyclic) bond motifs is 1. The number of nitrogens with one attached hydrogen (secondary N) is 2. The summed E-state index contributed by atoms with van der Waals surface area (Å²) >= 11 is 0. The van der Waals surface area contributed by atoms with Gasteiger partial charge in [0, 0.05) is 25.0 Å². The standard InChI is InChI=1S/C23H23N5O3/c1-29-16-6-4-15(5-7-16)13-25-23-26-14-18-19(28-23)10-11-24-22(18)27-20-12-17(30-2)8-9-21(20)31-3/h4-12,14H,13H2,1-3H3,(H,24,27)(H,25,26,28). The molecule has 0 bridgehead atoms. The number of pyridine rings is 1. The van der Waals surface area contributed by atoms with Gasteiger partial charge in [-0.25, -0.2) is 15.0 Å². The van der Waals surface area contributed by atoms with Crippen molar-refractivity contribution < 1.29 is 14.2 Å². The summed E-state index contributed by atoms with van der Waals surface area (Å²) in [4.78, 5) is 13.5. The quantitative estimate of drug-likeness (QED) is 0.436. The average Bonchev–Trinajstić information content (AvgIpc) is 2.83. The summed E-state index contributed by atoms with van der Waals surface area (Å²) in [6.07, 6.45) is 3.46. The number of hydrogen-bond acceptors (Lipinski definition) is 8. The van der Waals surface area contributed by atoms with Crippen LogP contribution in [0.2, 0.25) is 0 Å². The predicted molar refractivity (Wildman–Crippen MR) is 120 cm³/mol. The lowest BCUT2D eigenvalue weighted by atomic mass is 10.2. The number of methoxy groups -OCH3 is 3. The van der Waals surface area contributed by atoms with Gasteiger partial charge in [0.15, 0.2) is 0 Å². The molecule has 2 aromatic carbocycles. The van der Waals surface area contributed by atoms with Crippen LogP contribution in [-0.2, 0) is 6.54 Å². The fourth-order valence-corrected chi connectivity index (χ4v) is 3.11. The average molecular weight is 417 g/mol.